The second-order valence-electron chi connectivity index (χ2n) is 3.59. The van der Waals surface area contributed by atoms with Gasteiger partial charge in [0.25, 0.3) is 0 Å². The molecule has 0 radical (unpaired) electrons. The first-order valence-electron chi connectivity index (χ1n) is 4.78. The van der Waals surface area contributed by atoms with Gasteiger partial charge in [-0.3, -0.25) is 4.98 Å². The molecule has 0 aromatic carbocycles. The highest BCUT2D eigenvalue weighted by molar-refractivity contribution is 5.11. The molecule has 2 atom stereocenters. The molecular formula is C10H13FN2O2. The van der Waals surface area contributed by atoms with E-state index in [9.17, 15) is 4.39 Å². The van der Waals surface area contributed by atoms with Crippen LogP contribution in [0, 0.1) is 5.82 Å². The number of nitrogens with two attached hydrogens (primary N) is 1. The van der Waals surface area contributed by atoms with Crippen LogP contribution in [0.15, 0.2) is 18.3 Å². The minimum Gasteiger partial charge on any atom is -0.342 e. The summed E-state index contributed by atoms with van der Waals surface area (Å²) in [5.74, 6) is -1.28. The first-order chi connectivity index (χ1) is 7.14. The van der Waals surface area contributed by atoms with E-state index < -0.39 is 5.79 Å². The standard InChI is InChI=1S/C10H13FN2O2/c1-10(14-6-8(4-12)15-10)9-3-2-7(11)5-13-9/h2-3,5,8H,4,6,12H2,1H3. The zero-order valence-corrected chi connectivity index (χ0v) is 8.44. The van der Waals surface area contributed by atoms with Crippen molar-refractivity contribution in [2.45, 2.75) is 18.8 Å². The molecule has 15 heavy (non-hydrogen) atoms. The zero-order valence-electron chi connectivity index (χ0n) is 8.44. The number of nitrogens with zero attached hydrogens (tertiary/aromatic N) is 1. The summed E-state index contributed by atoms with van der Waals surface area (Å²) in [5, 5.41) is 0. The Morgan fingerprint density at radius 2 is 2.47 bits per heavy atom. The van der Waals surface area contributed by atoms with Crippen LogP contribution in [-0.2, 0) is 15.3 Å². The van der Waals surface area contributed by atoms with Gasteiger partial charge in [-0.25, -0.2) is 4.39 Å². The molecule has 0 spiro atoms. The Kier molecular flexibility index (Phi) is 2.68. The van der Waals surface area contributed by atoms with E-state index >= 15 is 0 Å². The van der Waals surface area contributed by atoms with E-state index in [4.69, 9.17) is 15.2 Å². The molecule has 1 aliphatic rings. The Hall–Kier alpha value is -1.04. The van der Waals surface area contributed by atoms with Crippen molar-refractivity contribution in [2.24, 2.45) is 5.73 Å². The largest absolute Gasteiger partial charge is 0.342 e. The molecule has 1 aliphatic heterocycles. The third kappa shape index (κ3) is 1.99. The van der Waals surface area contributed by atoms with Crippen LogP contribution in [0.5, 0.6) is 0 Å². The van der Waals surface area contributed by atoms with Crippen LogP contribution in [0.2, 0.25) is 0 Å². The normalized spacial score (nSPS) is 30.7. The molecule has 1 aromatic rings. The molecule has 2 heterocycles. The van der Waals surface area contributed by atoms with E-state index in [1.807, 2.05) is 0 Å². The number of halogens is 1. The number of aromatic nitrogens is 1. The van der Waals surface area contributed by atoms with Crippen molar-refractivity contribution in [2.75, 3.05) is 13.2 Å². The fourth-order valence-electron chi connectivity index (χ4n) is 1.53. The van der Waals surface area contributed by atoms with Crippen LogP contribution in [0.4, 0.5) is 4.39 Å². The summed E-state index contributed by atoms with van der Waals surface area (Å²) in [6.45, 7) is 2.59. The topological polar surface area (TPSA) is 57.4 Å². The minimum absolute atomic E-state index is 0.123. The van der Waals surface area contributed by atoms with Gasteiger partial charge in [0.2, 0.25) is 5.79 Å². The van der Waals surface area contributed by atoms with E-state index in [0.29, 0.717) is 18.8 Å². The van der Waals surface area contributed by atoms with E-state index in [1.54, 1.807) is 13.0 Å². The van der Waals surface area contributed by atoms with Gasteiger partial charge in [-0.1, -0.05) is 0 Å². The molecule has 1 saturated heterocycles. The fourth-order valence-corrected chi connectivity index (χ4v) is 1.53. The van der Waals surface area contributed by atoms with E-state index in [-0.39, 0.29) is 11.9 Å². The van der Waals surface area contributed by atoms with E-state index in [1.165, 1.54) is 6.07 Å². The lowest BCUT2D eigenvalue weighted by molar-refractivity contribution is -0.163. The van der Waals surface area contributed by atoms with Crippen molar-refractivity contribution in [1.82, 2.24) is 4.98 Å². The van der Waals surface area contributed by atoms with Crippen molar-refractivity contribution in [1.29, 1.82) is 0 Å². The Bertz CT molecular complexity index is 344. The predicted molar refractivity (Wildman–Crippen MR) is 51.4 cm³/mol. The van der Waals surface area contributed by atoms with Crippen molar-refractivity contribution >= 4 is 0 Å². The Morgan fingerprint density at radius 3 is 3.00 bits per heavy atom. The second-order valence-corrected chi connectivity index (χ2v) is 3.59. The molecule has 5 heteroatoms. The summed E-state index contributed by atoms with van der Waals surface area (Å²) < 4.78 is 23.8. The maximum atomic E-state index is 12.7. The van der Waals surface area contributed by atoms with Crippen molar-refractivity contribution in [3.05, 3.63) is 29.8 Å². The lowest BCUT2D eigenvalue weighted by Gasteiger charge is -2.22. The summed E-state index contributed by atoms with van der Waals surface area (Å²) in [4.78, 5) is 3.93. The first kappa shape index (κ1) is 10.5. The van der Waals surface area contributed by atoms with Crippen LogP contribution in [0.1, 0.15) is 12.6 Å². The maximum absolute atomic E-state index is 12.7. The van der Waals surface area contributed by atoms with Crippen LogP contribution >= 0.6 is 0 Å². The minimum atomic E-state index is -0.905. The molecule has 0 saturated carbocycles. The number of hydrogen-bond donors (Lipinski definition) is 1. The number of pyridine rings is 1. The lowest BCUT2D eigenvalue weighted by atomic mass is 10.2. The molecule has 0 bridgehead atoms. The summed E-state index contributed by atoms with van der Waals surface area (Å²) in [5.41, 5.74) is 6.03. The molecule has 2 rings (SSSR count). The van der Waals surface area contributed by atoms with Crippen molar-refractivity contribution in [3.8, 4) is 0 Å². The molecule has 2 unspecified atom stereocenters. The highest BCUT2D eigenvalue weighted by Crippen LogP contribution is 2.31. The van der Waals surface area contributed by atoms with Crippen molar-refractivity contribution in [3.63, 3.8) is 0 Å². The SMILES string of the molecule is CC1(c2ccc(F)cn2)OCC(CN)O1. The molecule has 0 aliphatic carbocycles. The van der Waals surface area contributed by atoms with Crippen LogP contribution in [-0.4, -0.2) is 24.2 Å². The molecular weight excluding hydrogens is 199 g/mol. The van der Waals surface area contributed by atoms with Crippen LogP contribution in [0.3, 0.4) is 0 Å². The fraction of sp³-hybridized carbons (Fsp3) is 0.500. The average Bonchev–Trinajstić information content (AvgIpc) is 2.62. The Balaban J connectivity index is 2.20. The van der Waals surface area contributed by atoms with Crippen molar-refractivity contribution < 1.29 is 13.9 Å². The van der Waals surface area contributed by atoms with E-state index in [2.05, 4.69) is 4.98 Å². The molecule has 1 fully saturated rings. The number of rotatable bonds is 2. The Morgan fingerprint density at radius 1 is 1.67 bits per heavy atom. The molecule has 1 aromatic heterocycles. The molecule has 4 nitrogen and oxygen atoms in total. The quantitative estimate of drug-likeness (QED) is 0.786. The average molecular weight is 212 g/mol. The van der Waals surface area contributed by atoms with Gasteiger partial charge in [-0.2, -0.15) is 0 Å². The van der Waals surface area contributed by atoms with Gasteiger partial charge >= 0.3 is 0 Å². The zero-order chi connectivity index (χ0) is 10.9. The van der Waals surface area contributed by atoms with Gasteiger partial charge < -0.3 is 15.2 Å². The molecule has 2 N–H and O–H groups in total. The summed E-state index contributed by atoms with van der Waals surface area (Å²) >= 11 is 0. The second kappa shape index (κ2) is 3.84. The van der Waals surface area contributed by atoms with Gasteiger partial charge in [0, 0.05) is 6.54 Å². The smallest absolute Gasteiger partial charge is 0.209 e. The van der Waals surface area contributed by atoms with Crippen LogP contribution in [0.25, 0.3) is 0 Å². The maximum Gasteiger partial charge on any atom is 0.209 e. The highest BCUT2D eigenvalue weighted by Gasteiger charge is 2.39. The van der Waals surface area contributed by atoms with Gasteiger partial charge in [0.1, 0.15) is 5.82 Å². The van der Waals surface area contributed by atoms with Crippen LogP contribution < -0.4 is 5.73 Å². The molecule has 82 valence electrons. The summed E-state index contributed by atoms with van der Waals surface area (Å²) in [6.07, 6.45) is 1.02. The third-order valence-corrected chi connectivity index (χ3v) is 2.39. The third-order valence-electron chi connectivity index (χ3n) is 2.39. The number of hydrogen-bond acceptors (Lipinski definition) is 4. The predicted octanol–water partition coefficient (Wildman–Crippen LogP) is 0.768. The summed E-state index contributed by atoms with van der Waals surface area (Å²) in [6, 6.07) is 2.88. The highest BCUT2D eigenvalue weighted by atomic mass is 19.1. The van der Waals surface area contributed by atoms with Gasteiger partial charge in [-0.15, -0.1) is 0 Å². The van der Waals surface area contributed by atoms with E-state index in [0.717, 1.165) is 6.20 Å². The van der Waals surface area contributed by atoms with Gasteiger partial charge in [0.05, 0.1) is 24.6 Å². The summed E-state index contributed by atoms with van der Waals surface area (Å²) in [7, 11) is 0. The Labute approximate surface area is 87.2 Å². The monoisotopic (exact) mass is 212 g/mol. The first-order valence-corrected chi connectivity index (χ1v) is 4.78. The van der Waals surface area contributed by atoms with Gasteiger partial charge in [-0.05, 0) is 19.1 Å². The van der Waals surface area contributed by atoms with Gasteiger partial charge in [0.15, 0.2) is 0 Å². The number of ether oxygens (including phenoxy) is 2. The lowest BCUT2D eigenvalue weighted by Crippen LogP contribution is -2.28. The molecule has 0 amide bonds.